The van der Waals surface area contributed by atoms with Crippen LogP contribution >= 0.6 is 0 Å². The van der Waals surface area contributed by atoms with Crippen molar-refractivity contribution in [1.82, 2.24) is 5.32 Å². The second-order valence-electron chi connectivity index (χ2n) is 4.50. The van der Waals surface area contributed by atoms with Crippen LogP contribution in [0.25, 0.3) is 6.08 Å². The van der Waals surface area contributed by atoms with Gasteiger partial charge in [0.1, 0.15) is 0 Å². The van der Waals surface area contributed by atoms with Gasteiger partial charge in [0.2, 0.25) is 0 Å². The maximum atomic E-state index is 11.1. The van der Waals surface area contributed by atoms with Crippen LogP contribution in [-0.4, -0.2) is 12.2 Å². The van der Waals surface area contributed by atoms with E-state index in [0.717, 1.165) is 19.4 Å². The van der Waals surface area contributed by atoms with Crippen molar-refractivity contribution in [2.45, 2.75) is 31.8 Å². The zero-order valence-electron chi connectivity index (χ0n) is 10.1. The summed E-state index contributed by atoms with van der Waals surface area (Å²) in [5.74, 6) is 0. The van der Waals surface area contributed by atoms with Crippen LogP contribution in [0.2, 0.25) is 0 Å². The molecule has 0 aromatic heterocycles. The molecule has 0 fully saturated rings. The van der Waals surface area contributed by atoms with Crippen LogP contribution in [0.3, 0.4) is 0 Å². The van der Waals surface area contributed by atoms with Gasteiger partial charge in [-0.2, -0.15) is 0 Å². The quantitative estimate of drug-likeness (QED) is 0.623. The number of nitroso groups, excluding NO2 is 1. The van der Waals surface area contributed by atoms with E-state index < -0.39 is 5.66 Å². The predicted octanol–water partition coefficient (Wildman–Crippen LogP) is 3.11. The number of hydrogen-bond acceptors (Lipinski definition) is 3. The summed E-state index contributed by atoms with van der Waals surface area (Å²) in [7, 11) is 0. The molecule has 1 N–H and O–H groups in total. The van der Waals surface area contributed by atoms with Gasteiger partial charge >= 0.3 is 0 Å². The number of nitrogens with zero attached hydrogens (tertiary/aromatic N) is 1. The van der Waals surface area contributed by atoms with Crippen molar-refractivity contribution >= 4 is 6.08 Å². The molecule has 1 unspecified atom stereocenters. The summed E-state index contributed by atoms with van der Waals surface area (Å²) in [6.45, 7) is 2.96. The van der Waals surface area contributed by atoms with Crippen LogP contribution in [0.1, 0.15) is 30.9 Å². The first-order valence-corrected chi connectivity index (χ1v) is 6.16. The Morgan fingerprint density at radius 3 is 3.00 bits per heavy atom. The standard InChI is InChI=1S/C14H18N2O/c1-2-3-10-15-14(16-17)9-8-12-6-4-5-7-13(12)11-14/h4-9,15H,2-3,10-11H2,1H3. The zero-order valence-corrected chi connectivity index (χ0v) is 10.1. The monoisotopic (exact) mass is 230 g/mol. The van der Waals surface area contributed by atoms with Gasteiger partial charge in [-0.05, 0) is 35.3 Å². The van der Waals surface area contributed by atoms with Crippen molar-refractivity contribution < 1.29 is 0 Å². The second kappa shape index (κ2) is 5.23. The Hall–Kier alpha value is -1.48. The van der Waals surface area contributed by atoms with Crippen LogP contribution < -0.4 is 5.32 Å². The van der Waals surface area contributed by atoms with E-state index in [1.165, 1.54) is 11.1 Å². The number of rotatable bonds is 5. The third-order valence-corrected chi connectivity index (χ3v) is 3.18. The van der Waals surface area contributed by atoms with E-state index in [0.29, 0.717) is 6.42 Å². The van der Waals surface area contributed by atoms with Gasteiger partial charge < -0.3 is 0 Å². The molecule has 1 aromatic carbocycles. The number of fused-ring (bicyclic) bond motifs is 1. The molecule has 0 radical (unpaired) electrons. The summed E-state index contributed by atoms with van der Waals surface area (Å²) < 4.78 is 0. The fraction of sp³-hybridized carbons (Fsp3) is 0.429. The Morgan fingerprint density at radius 1 is 1.41 bits per heavy atom. The summed E-state index contributed by atoms with van der Waals surface area (Å²) >= 11 is 0. The molecule has 1 aliphatic rings. The minimum Gasteiger partial charge on any atom is -0.287 e. The highest BCUT2D eigenvalue weighted by Crippen LogP contribution is 2.26. The highest BCUT2D eigenvalue weighted by Gasteiger charge is 2.31. The summed E-state index contributed by atoms with van der Waals surface area (Å²) in [6.07, 6.45) is 6.69. The van der Waals surface area contributed by atoms with Gasteiger partial charge in [-0.3, -0.25) is 5.32 Å². The highest BCUT2D eigenvalue weighted by molar-refractivity contribution is 5.58. The van der Waals surface area contributed by atoms with Crippen LogP contribution in [0.15, 0.2) is 35.5 Å². The molecule has 3 heteroatoms. The van der Waals surface area contributed by atoms with Crippen molar-refractivity contribution in [2.24, 2.45) is 5.18 Å². The fourth-order valence-corrected chi connectivity index (χ4v) is 2.13. The van der Waals surface area contributed by atoms with E-state index in [9.17, 15) is 4.91 Å². The Morgan fingerprint density at radius 2 is 2.24 bits per heavy atom. The Bertz CT molecular complexity index is 428. The van der Waals surface area contributed by atoms with Gasteiger partial charge in [0.25, 0.3) is 0 Å². The minimum absolute atomic E-state index is 0.646. The number of benzene rings is 1. The summed E-state index contributed by atoms with van der Waals surface area (Å²) in [6, 6.07) is 8.13. The lowest BCUT2D eigenvalue weighted by Gasteiger charge is -2.28. The number of nitrogens with one attached hydrogen (secondary N) is 1. The first-order valence-electron chi connectivity index (χ1n) is 6.16. The first-order chi connectivity index (χ1) is 8.29. The molecule has 1 atom stereocenters. The Balaban J connectivity index is 2.15. The van der Waals surface area contributed by atoms with E-state index >= 15 is 0 Å². The van der Waals surface area contributed by atoms with E-state index in [1.807, 2.05) is 24.3 Å². The normalized spacial score (nSPS) is 22.2. The molecule has 17 heavy (non-hydrogen) atoms. The summed E-state index contributed by atoms with van der Waals surface area (Å²) in [4.78, 5) is 11.1. The largest absolute Gasteiger partial charge is 0.287 e. The fourth-order valence-electron chi connectivity index (χ4n) is 2.13. The highest BCUT2D eigenvalue weighted by atomic mass is 16.3. The average Bonchev–Trinajstić information content (AvgIpc) is 2.39. The zero-order chi connectivity index (χ0) is 12.1. The van der Waals surface area contributed by atoms with E-state index in [1.54, 1.807) is 0 Å². The lowest BCUT2D eigenvalue weighted by Crippen LogP contribution is -2.45. The minimum atomic E-state index is -0.747. The van der Waals surface area contributed by atoms with E-state index in [4.69, 9.17) is 0 Å². The molecule has 0 heterocycles. The molecule has 0 aliphatic heterocycles. The third kappa shape index (κ3) is 2.61. The first kappa shape index (κ1) is 12.0. The summed E-state index contributed by atoms with van der Waals surface area (Å²) in [5, 5.41) is 6.56. The van der Waals surface area contributed by atoms with Gasteiger partial charge in [-0.15, -0.1) is 4.91 Å². The number of hydrogen-bond donors (Lipinski definition) is 1. The van der Waals surface area contributed by atoms with Crippen molar-refractivity contribution in [1.29, 1.82) is 0 Å². The van der Waals surface area contributed by atoms with Gasteiger partial charge in [-0.1, -0.05) is 43.7 Å². The molecule has 0 saturated heterocycles. The van der Waals surface area contributed by atoms with Gasteiger partial charge in [0.15, 0.2) is 5.66 Å². The van der Waals surface area contributed by atoms with E-state index in [2.05, 4.69) is 29.6 Å². The molecule has 0 amide bonds. The predicted molar refractivity (Wildman–Crippen MR) is 70.6 cm³/mol. The van der Waals surface area contributed by atoms with Crippen LogP contribution in [-0.2, 0) is 6.42 Å². The van der Waals surface area contributed by atoms with Gasteiger partial charge in [0, 0.05) is 6.42 Å². The maximum Gasteiger partial charge on any atom is 0.175 e. The molecule has 90 valence electrons. The maximum absolute atomic E-state index is 11.1. The molecule has 1 aromatic rings. The molecule has 1 aliphatic carbocycles. The van der Waals surface area contributed by atoms with Crippen LogP contribution in [0.4, 0.5) is 0 Å². The molecular weight excluding hydrogens is 212 g/mol. The van der Waals surface area contributed by atoms with Crippen molar-refractivity contribution in [3.8, 4) is 0 Å². The SMILES string of the molecule is CCCCNC1(N=O)C=Cc2ccccc2C1. The van der Waals surface area contributed by atoms with E-state index in [-0.39, 0.29) is 0 Å². The molecule has 2 rings (SSSR count). The molecule has 0 spiro atoms. The van der Waals surface area contributed by atoms with Crippen LogP contribution in [0.5, 0.6) is 0 Å². The third-order valence-electron chi connectivity index (χ3n) is 3.18. The van der Waals surface area contributed by atoms with Crippen LogP contribution in [0, 0.1) is 4.91 Å². The Kier molecular flexibility index (Phi) is 3.69. The molecular formula is C14H18N2O. The topological polar surface area (TPSA) is 41.5 Å². The second-order valence-corrected chi connectivity index (χ2v) is 4.50. The van der Waals surface area contributed by atoms with Crippen molar-refractivity contribution in [2.75, 3.05) is 6.54 Å². The smallest absolute Gasteiger partial charge is 0.175 e. The molecule has 0 bridgehead atoms. The van der Waals surface area contributed by atoms with Crippen molar-refractivity contribution in [3.63, 3.8) is 0 Å². The molecule has 3 nitrogen and oxygen atoms in total. The average molecular weight is 230 g/mol. The Labute approximate surface area is 102 Å². The summed E-state index contributed by atoms with van der Waals surface area (Å²) in [5.41, 5.74) is 1.62. The van der Waals surface area contributed by atoms with Crippen molar-refractivity contribution in [3.05, 3.63) is 46.4 Å². The van der Waals surface area contributed by atoms with Gasteiger partial charge in [0.05, 0.1) is 0 Å². The lowest BCUT2D eigenvalue weighted by atomic mass is 9.90. The number of unbranched alkanes of at least 4 members (excludes halogenated alkanes) is 1. The molecule has 0 saturated carbocycles. The van der Waals surface area contributed by atoms with Gasteiger partial charge in [-0.25, -0.2) is 0 Å². The lowest BCUT2D eigenvalue weighted by molar-refractivity contribution is 0.405.